The summed E-state index contributed by atoms with van der Waals surface area (Å²) in [5.41, 5.74) is 5.40. The highest BCUT2D eigenvalue weighted by Gasteiger charge is 2.44. The standard InChI is InChI=1S/C17H26N2O2.C11H12O2/c1-3-18-8-10-19(11-9-18)17-15-12-14(21-2)6-4-13(15)5-7-16(17)20;1-12-8-4-2-7-3-5-10-11(13-10)9(7)6-8/h4,6,12,16-17,20H,3,5,7-11H2,1-2H3;2,4,6,10-11H,3,5H2,1H3/t16-,17-;/m1./s1. The first-order valence-corrected chi connectivity index (χ1v) is 12.7. The van der Waals surface area contributed by atoms with Gasteiger partial charge in [0.1, 0.15) is 17.6 Å². The van der Waals surface area contributed by atoms with Crippen molar-refractivity contribution in [3.63, 3.8) is 0 Å². The third-order valence-electron chi connectivity index (χ3n) is 7.93. The molecule has 6 rings (SSSR count). The van der Waals surface area contributed by atoms with Gasteiger partial charge in [0.25, 0.3) is 0 Å². The van der Waals surface area contributed by atoms with Crippen LogP contribution in [0.25, 0.3) is 0 Å². The van der Waals surface area contributed by atoms with E-state index in [0.717, 1.165) is 63.5 Å². The maximum absolute atomic E-state index is 10.6. The molecule has 0 amide bonds. The molecule has 4 atom stereocenters. The highest BCUT2D eigenvalue weighted by molar-refractivity contribution is 5.42. The Morgan fingerprint density at radius 2 is 1.50 bits per heavy atom. The third-order valence-corrected chi connectivity index (χ3v) is 7.93. The minimum atomic E-state index is -0.266. The zero-order chi connectivity index (χ0) is 23.7. The highest BCUT2D eigenvalue weighted by Crippen LogP contribution is 2.47. The number of hydrogen-bond donors (Lipinski definition) is 1. The van der Waals surface area contributed by atoms with Gasteiger partial charge in [0, 0.05) is 26.2 Å². The maximum Gasteiger partial charge on any atom is 0.119 e. The van der Waals surface area contributed by atoms with Gasteiger partial charge in [0.05, 0.1) is 32.5 Å². The predicted molar refractivity (Wildman–Crippen MR) is 133 cm³/mol. The van der Waals surface area contributed by atoms with Crippen molar-refractivity contribution < 1.29 is 19.3 Å². The molecule has 1 N–H and O–H groups in total. The number of likely N-dealkylation sites (N-methyl/N-ethyl adjacent to an activating group) is 1. The fourth-order valence-electron chi connectivity index (χ4n) is 5.80. The number of rotatable bonds is 4. The van der Waals surface area contributed by atoms with Crippen molar-refractivity contribution in [2.75, 3.05) is 46.9 Å². The van der Waals surface area contributed by atoms with Gasteiger partial charge in [-0.2, -0.15) is 0 Å². The quantitative estimate of drug-likeness (QED) is 0.693. The first-order valence-electron chi connectivity index (χ1n) is 12.7. The minimum absolute atomic E-state index is 0.128. The molecule has 4 aliphatic rings. The molecule has 2 aromatic carbocycles. The molecule has 2 heterocycles. The lowest BCUT2D eigenvalue weighted by Crippen LogP contribution is -2.50. The molecule has 0 radical (unpaired) electrons. The molecule has 0 saturated carbocycles. The van der Waals surface area contributed by atoms with Crippen LogP contribution in [-0.2, 0) is 17.6 Å². The fraction of sp³-hybridized carbons (Fsp3) is 0.571. The second kappa shape index (κ2) is 10.2. The van der Waals surface area contributed by atoms with Crippen LogP contribution in [0.3, 0.4) is 0 Å². The van der Waals surface area contributed by atoms with Crippen LogP contribution in [0.4, 0.5) is 0 Å². The van der Waals surface area contributed by atoms with Crippen molar-refractivity contribution in [3.05, 3.63) is 58.7 Å². The van der Waals surface area contributed by atoms with Crippen molar-refractivity contribution in [2.24, 2.45) is 0 Å². The molecule has 0 spiro atoms. The summed E-state index contributed by atoms with van der Waals surface area (Å²) in [5.74, 6) is 1.83. The van der Waals surface area contributed by atoms with Gasteiger partial charge < -0.3 is 24.2 Å². The van der Waals surface area contributed by atoms with Gasteiger partial charge >= 0.3 is 0 Å². The van der Waals surface area contributed by atoms with Crippen LogP contribution in [-0.4, -0.2) is 74.1 Å². The van der Waals surface area contributed by atoms with E-state index in [1.807, 2.05) is 12.1 Å². The zero-order valence-electron chi connectivity index (χ0n) is 20.7. The summed E-state index contributed by atoms with van der Waals surface area (Å²) in [6, 6.07) is 12.7. The van der Waals surface area contributed by atoms with E-state index < -0.39 is 0 Å². The Hall–Kier alpha value is -2.12. The van der Waals surface area contributed by atoms with Crippen LogP contribution in [0.1, 0.15) is 54.2 Å². The average molecular weight is 467 g/mol. The van der Waals surface area contributed by atoms with Gasteiger partial charge in [0.2, 0.25) is 0 Å². The summed E-state index contributed by atoms with van der Waals surface area (Å²) in [5, 5.41) is 10.6. The van der Waals surface area contributed by atoms with E-state index in [9.17, 15) is 5.11 Å². The number of aryl methyl sites for hydroxylation is 2. The van der Waals surface area contributed by atoms with Crippen molar-refractivity contribution in [1.82, 2.24) is 9.80 Å². The number of piperazine rings is 1. The maximum atomic E-state index is 10.6. The SMILES string of the molecule is CCN1CCN([C@@H]2c3cc(OC)ccc3CC[C@H]2O)CC1.COc1ccc2c(c1)C1OC1CC2. The first-order chi connectivity index (χ1) is 16.6. The number of fused-ring (bicyclic) bond motifs is 4. The number of methoxy groups -OCH3 is 2. The van der Waals surface area contributed by atoms with E-state index >= 15 is 0 Å². The van der Waals surface area contributed by atoms with E-state index in [2.05, 4.69) is 41.0 Å². The molecule has 6 heteroatoms. The van der Waals surface area contributed by atoms with Crippen LogP contribution in [0.15, 0.2) is 36.4 Å². The van der Waals surface area contributed by atoms with Gasteiger partial charge in [-0.15, -0.1) is 0 Å². The van der Waals surface area contributed by atoms with E-state index in [1.54, 1.807) is 14.2 Å². The van der Waals surface area contributed by atoms with Gasteiger partial charge in [-0.1, -0.05) is 19.1 Å². The topological polar surface area (TPSA) is 57.7 Å². The van der Waals surface area contributed by atoms with E-state index in [-0.39, 0.29) is 12.1 Å². The number of benzene rings is 2. The zero-order valence-corrected chi connectivity index (χ0v) is 20.7. The molecule has 2 fully saturated rings. The number of epoxide rings is 1. The van der Waals surface area contributed by atoms with Crippen LogP contribution in [0.2, 0.25) is 0 Å². The molecule has 0 bridgehead atoms. The van der Waals surface area contributed by atoms with Crippen molar-refractivity contribution in [1.29, 1.82) is 0 Å². The summed E-state index contributed by atoms with van der Waals surface area (Å²) >= 11 is 0. The molecule has 34 heavy (non-hydrogen) atoms. The number of nitrogens with zero attached hydrogens (tertiary/aromatic N) is 2. The van der Waals surface area contributed by atoms with Gasteiger partial charge in [-0.05, 0) is 78.7 Å². The van der Waals surface area contributed by atoms with E-state index in [0.29, 0.717) is 12.2 Å². The average Bonchev–Trinajstić information content (AvgIpc) is 3.69. The van der Waals surface area contributed by atoms with Crippen LogP contribution >= 0.6 is 0 Å². The summed E-state index contributed by atoms with van der Waals surface area (Å²) in [7, 11) is 3.41. The molecular formula is C28H38N2O4. The monoisotopic (exact) mass is 466 g/mol. The van der Waals surface area contributed by atoms with Crippen LogP contribution < -0.4 is 9.47 Å². The number of aliphatic hydroxyl groups excluding tert-OH is 1. The molecule has 2 aromatic rings. The Kier molecular flexibility index (Phi) is 7.11. The molecular weight excluding hydrogens is 428 g/mol. The fourth-order valence-corrected chi connectivity index (χ4v) is 5.80. The van der Waals surface area contributed by atoms with Crippen molar-refractivity contribution in [2.45, 2.75) is 57.0 Å². The number of aliphatic hydroxyl groups is 1. The first kappa shape index (κ1) is 23.6. The third kappa shape index (κ3) is 4.82. The van der Waals surface area contributed by atoms with Gasteiger partial charge in [-0.25, -0.2) is 0 Å². The lowest BCUT2D eigenvalue weighted by atomic mass is 9.84. The lowest BCUT2D eigenvalue weighted by molar-refractivity contribution is 0.00930. The van der Waals surface area contributed by atoms with Gasteiger partial charge in [-0.3, -0.25) is 4.90 Å². The van der Waals surface area contributed by atoms with Crippen molar-refractivity contribution >= 4 is 0 Å². The second-order valence-electron chi connectivity index (χ2n) is 9.78. The Balaban J connectivity index is 0.000000157. The van der Waals surface area contributed by atoms with Crippen LogP contribution in [0, 0.1) is 0 Å². The smallest absolute Gasteiger partial charge is 0.119 e. The largest absolute Gasteiger partial charge is 0.497 e. The predicted octanol–water partition coefficient (Wildman–Crippen LogP) is 3.76. The Morgan fingerprint density at radius 3 is 2.15 bits per heavy atom. The normalized spacial score (nSPS) is 28.0. The Bertz CT molecular complexity index is 988. The van der Waals surface area contributed by atoms with Crippen LogP contribution in [0.5, 0.6) is 11.5 Å². The molecule has 0 aromatic heterocycles. The van der Waals surface area contributed by atoms with E-state index in [1.165, 1.54) is 28.7 Å². The minimum Gasteiger partial charge on any atom is -0.497 e. The molecule has 6 nitrogen and oxygen atoms in total. The molecule has 2 aliphatic carbocycles. The molecule has 2 saturated heterocycles. The molecule has 184 valence electrons. The molecule has 2 aliphatic heterocycles. The van der Waals surface area contributed by atoms with Crippen molar-refractivity contribution in [3.8, 4) is 11.5 Å². The van der Waals surface area contributed by atoms with E-state index in [4.69, 9.17) is 14.2 Å². The second-order valence-corrected chi connectivity index (χ2v) is 9.78. The van der Waals surface area contributed by atoms with Gasteiger partial charge in [0.15, 0.2) is 0 Å². The number of ether oxygens (including phenoxy) is 3. The Labute approximate surface area is 203 Å². The summed E-state index contributed by atoms with van der Waals surface area (Å²) in [6.07, 6.45) is 4.77. The summed E-state index contributed by atoms with van der Waals surface area (Å²) in [6.45, 7) is 7.59. The Morgan fingerprint density at radius 1 is 0.882 bits per heavy atom. The molecule has 2 unspecified atom stereocenters. The number of hydrogen-bond acceptors (Lipinski definition) is 6. The summed E-state index contributed by atoms with van der Waals surface area (Å²) in [4.78, 5) is 4.92. The lowest BCUT2D eigenvalue weighted by Gasteiger charge is -2.43. The summed E-state index contributed by atoms with van der Waals surface area (Å²) < 4.78 is 16.1. The highest BCUT2D eigenvalue weighted by atomic mass is 16.6.